The van der Waals surface area contributed by atoms with E-state index in [0.717, 1.165) is 17.7 Å². The highest BCUT2D eigenvalue weighted by Crippen LogP contribution is 2.31. The van der Waals surface area contributed by atoms with Crippen LogP contribution in [0.25, 0.3) is 28.0 Å². The number of rotatable bonds is 2. The zero-order valence-electron chi connectivity index (χ0n) is 13.3. The first-order valence-electron chi connectivity index (χ1n) is 7.64. The standard InChI is InChI=1S/C18H12F3N5/c19-18(20,21)12-2-1-3-13(6-12)26-10-25-15-9-23-14(7-16(15)26)11-4-5-17(22)24-8-11/h1-10H,(H2,22,24). The molecule has 0 radical (unpaired) electrons. The zero-order valence-corrected chi connectivity index (χ0v) is 13.3. The predicted molar refractivity (Wildman–Crippen MR) is 91.5 cm³/mol. The van der Waals surface area contributed by atoms with Crippen molar-refractivity contribution in [1.29, 1.82) is 0 Å². The first kappa shape index (κ1) is 16.1. The van der Waals surface area contributed by atoms with Crippen molar-refractivity contribution in [2.24, 2.45) is 0 Å². The Morgan fingerprint density at radius 2 is 1.77 bits per heavy atom. The van der Waals surface area contributed by atoms with Crippen LogP contribution in [0.4, 0.5) is 19.0 Å². The molecule has 0 saturated carbocycles. The number of nitrogens with two attached hydrogens (primary N) is 1. The van der Waals surface area contributed by atoms with Gasteiger partial charge >= 0.3 is 6.18 Å². The average Bonchev–Trinajstić information content (AvgIpc) is 3.05. The van der Waals surface area contributed by atoms with Gasteiger partial charge in [-0.3, -0.25) is 9.55 Å². The average molecular weight is 355 g/mol. The highest BCUT2D eigenvalue weighted by molar-refractivity contribution is 5.81. The molecule has 0 fully saturated rings. The van der Waals surface area contributed by atoms with Crippen molar-refractivity contribution in [1.82, 2.24) is 19.5 Å². The van der Waals surface area contributed by atoms with Gasteiger partial charge in [-0.25, -0.2) is 9.97 Å². The second kappa shape index (κ2) is 5.83. The van der Waals surface area contributed by atoms with Gasteiger partial charge in [0.05, 0.1) is 23.0 Å². The fraction of sp³-hybridized carbons (Fsp3) is 0.0556. The fourth-order valence-electron chi connectivity index (χ4n) is 2.66. The third kappa shape index (κ3) is 2.85. The van der Waals surface area contributed by atoms with Gasteiger partial charge in [-0.1, -0.05) is 6.07 Å². The summed E-state index contributed by atoms with van der Waals surface area (Å²) in [7, 11) is 0. The van der Waals surface area contributed by atoms with Crippen molar-refractivity contribution in [2.75, 3.05) is 5.73 Å². The Kier molecular flexibility index (Phi) is 3.61. The summed E-state index contributed by atoms with van der Waals surface area (Å²) in [5, 5.41) is 0. The summed E-state index contributed by atoms with van der Waals surface area (Å²) in [6, 6.07) is 10.3. The minimum atomic E-state index is -4.41. The maximum absolute atomic E-state index is 13.0. The van der Waals surface area contributed by atoms with Crippen molar-refractivity contribution >= 4 is 16.9 Å². The first-order chi connectivity index (χ1) is 12.4. The van der Waals surface area contributed by atoms with E-state index < -0.39 is 11.7 Å². The molecule has 0 aliphatic heterocycles. The number of hydrogen-bond acceptors (Lipinski definition) is 4. The smallest absolute Gasteiger partial charge is 0.384 e. The van der Waals surface area contributed by atoms with Gasteiger partial charge in [0.25, 0.3) is 0 Å². The van der Waals surface area contributed by atoms with Crippen LogP contribution in [0.5, 0.6) is 0 Å². The van der Waals surface area contributed by atoms with Crippen molar-refractivity contribution in [2.45, 2.75) is 6.18 Å². The van der Waals surface area contributed by atoms with Crippen LogP contribution in [0.2, 0.25) is 0 Å². The Balaban J connectivity index is 1.84. The molecule has 3 heterocycles. The minimum absolute atomic E-state index is 0.370. The third-order valence-corrected chi connectivity index (χ3v) is 3.97. The maximum atomic E-state index is 13.0. The van der Waals surface area contributed by atoms with Crippen LogP contribution in [0.3, 0.4) is 0 Å². The van der Waals surface area contributed by atoms with E-state index in [-0.39, 0.29) is 0 Å². The van der Waals surface area contributed by atoms with Gasteiger partial charge in [0.2, 0.25) is 0 Å². The molecule has 0 spiro atoms. The fourth-order valence-corrected chi connectivity index (χ4v) is 2.66. The Morgan fingerprint density at radius 3 is 2.50 bits per heavy atom. The largest absolute Gasteiger partial charge is 0.416 e. The molecule has 130 valence electrons. The molecular weight excluding hydrogens is 343 g/mol. The van der Waals surface area contributed by atoms with E-state index in [2.05, 4.69) is 15.0 Å². The van der Waals surface area contributed by atoms with Gasteiger partial charge in [-0.2, -0.15) is 13.2 Å². The van der Waals surface area contributed by atoms with E-state index in [9.17, 15) is 13.2 Å². The van der Waals surface area contributed by atoms with Crippen LogP contribution >= 0.6 is 0 Å². The molecule has 26 heavy (non-hydrogen) atoms. The van der Waals surface area contributed by atoms with Gasteiger partial charge in [0.1, 0.15) is 17.7 Å². The molecular formula is C18H12F3N5. The molecule has 4 aromatic rings. The maximum Gasteiger partial charge on any atom is 0.416 e. The van der Waals surface area contributed by atoms with E-state index in [1.54, 1.807) is 41.2 Å². The Labute approximate surface area is 146 Å². The summed E-state index contributed by atoms with van der Waals surface area (Å²) >= 11 is 0. The van der Waals surface area contributed by atoms with Crippen LogP contribution in [0, 0.1) is 0 Å². The van der Waals surface area contributed by atoms with Gasteiger partial charge < -0.3 is 5.73 Å². The zero-order chi connectivity index (χ0) is 18.3. The number of pyridine rings is 2. The Morgan fingerprint density at radius 1 is 0.923 bits per heavy atom. The highest BCUT2D eigenvalue weighted by atomic mass is 19.4. The van der Waals surface area contributed by atoms with Crippen molar-refractivity contribution in [3.05, 3.63) is 66.7 Å². The second-order valence-electron chi connectivity index (χ2n) is 5.69. The molecule has 2 N–H and O–H groups in total. The minimum Gasteiger partial charge on any atom is -0.384 e. The SMILES string of the molecule is Nc1ccc(-c2cc3c(cn2)ncn3-c2cccc(C(F)(F)F)c2)cn1. The van der Waals surface area contributed by atoms with Crippen LogP contribution in [-0.4, -0.2) is 19.5 Å². The molecule has 8 heteroatoms. The number of benzene rings is 1. The van der Waals surface area contributed by atoms with Crippen LogP contribution in [-0.2, 0) is 6.18 Å². The summed E-state index contributed by atoms with van der Waals surface area (Å²) in [5.74, 6) is 0.392. The molecule has 1 aromatic carbocycles. The molecule has 0 bridgehead atoms. The van der Waals surface area contributed by atoms with Crippen molar-refractivity contribution in [3.8, 4) is 16.9 Å². The lowest BCUT2D eigenvalue weighted by Gasteiger charge is -2.10. The van der Waals surface area contributed by atoms with Crippen molar-refractivity contribution < 1.29 is 13.2 Å². The molecule has 0 aliphatic rings. The van der Waals surface area contributed by atoms with Gasteiger partial charge in [0, 0.05) is 17.4 Å². The number of imidazole rings is 1. The summed E-state index contributed by atoms with van der Waals surface area (Å²) in [6.45, 7) is 0. The number of fused-ring (bicyclic) bond motifs is 1. The van der Waals surface area contributed by atoms with Gasteiger partial charge in [-0.05, 0) is 36.4 Å². The lowest BCUT2D eigenvalue weighted by Crippen LogP contribution is -2.05. The lowest BCUT2D eigenvalue weighted by atomic mass is 10.1. The van der Waals surface area contributed by atoms with E-state index in [1.807, 2.05) is 0 Å². The number of alkyl halides is 3. The monoisotopic (exact) mass is 355 g/mol. The normalized spacial score (nSPS) is 11.8. The van der Waals surface area contributed by atoms with E-state index in [1.165, 1.54) is 12.4 Å². The number of nitrogen functional groups attached to an aromatic ring is 1. The molecule has 5 nitrogen and oxygen atoms in total. The molecule has 0 unspecified atom stereocenters. The summed E-state index contributed by atoms with van der Waals surface area (Å²) in [5.41, 5.74) is 7.84. The topological polar surface area (TPSA) is 69.6 Å². The molecule has 0 saturated heterocycles. The van der Waals surface area contributed by atoms with E-state index >= 15 is 0 Å². The van der Waals surface area contributed by atoms with E-state index in [4.69, 9.17) is 5.73 Å². The highest BCUT2D eigenvalue weighted by Gasteiger charge is 2.30. The second-order valence-corrected chi connectivity index (χ2v) is 5.69. The lowest BCUT2D eigenvalue weighted by molar-refractivity contribution is -0.137. The summed E-state index contributed by atoms with van der Waals surface area (Å²) in [4.78, 5) is 12.6. The molecule has 4 rings (SSSR count). The van der Waals surface area contributed by atoms with Gasteiger partial charge in [0.15, 0.2) is 0 Å². The van der Waals surface area contributed by atoms with Crippen LogP contribution < -0.4 is 5.73 Å². The Bertz CT molecular complexity index is 1080. The Hall–Kier alpha value is -3.42. The molecule has 0 amide bonds. The quantitative estimate of drug-likeness (QED) is 0.588. The summed E-state index contributed by atoms with van der Waals surface area (Å²) < 4.78 is 40.6. The number of halogens is 3. The number of hydrogen-bond donors (Lipinski definition) is 1. The third-order valence-electron chi connectivity index (χ3n) is 3.97. The molecule has 3 aromatic heterocycles. The number of anilines is 1. The molecule has 0 atom stereocenters. The van der Waals surface area contributed by atoms with Gasteiger partial charge in [-0.15, -0.1) is 0 Å². The first-order valence-corrected chi connectivity index (χ1v) is 7.64. The van der Waals surface area contributed by atoms with E-state index in [0.29, 0.717) is 28.2 Å². The summed E-state index contributed by atoms with van der Waals surface area (Å²) in [6.07, 6.45) is 0.237. The van der Waals surface area contributed by atoms with Crippen LogP contribution in [0.15, 0.2) is 61.2 Å². The number of aromatic nitrogens is 4. The number of nitrogens with zero attached hydrogens (tertiary/aromatic N) is 4. The van der Waals surface area contributed by atoms with Crippen molar-refractivity contribution in [3.63, 3.8) is 0 Å². The molecule has 0 aliphatic carbocycles. The predicted octanol–water partition coefficient (Wildman–Crippen LogP) is 4.08. The van der Waals surface area contributed by atoms with Crippen LogP contribution in [0.1, 0.15) is 5.56 Å².